The van der Waals surface area contributed by atoms with Gasteiger partial charge in [0.2, 0.25) is 5.91 Å². The molecular weight excluding hydrogens is 646 g/mol. The highest BCUT2D eigenvalue weighted by atomic mass is 16.7. The lowest BCUT2D eigenvalue weighted by molar-refractivity contribution is -0.302. The minimum atomic E-state index is -1.57. The maximum Gasteiger partial charge on any atom is 0.220 e. The number of unbranched alkanes of at least 4 members (excludes halogenated alkanes) is 16. The zero-order valence-electron chi connectivity index (χ0n) is 32.1. The maximum atomic E-state index is 12.9. The average molecular weight is 722 g/mol. The van der Waals surface area contributed by atoms with Crippen molar-refractivity contribution in [3.63, 3.8) is 0 Å². The highest BCUT2D eigenvalue weighted by Gasteiger charge is 2.44. The zero-order chi connectivity index (χ0) is 37.4. The van der Waals surface area contributed by atoms with Crippen molar-refractivity contribution < 1.29 is 39.8 Å². The first kappa shape index (κ1) is 47.2. The van der Waals surface area contributed by atoms with E-state index in [-0.39, 0.29) is 12.5 Å². The molecule has 0 radical (unpaired) electrons. The highest BCUT2D eigenvalue weighted by Crippen LogP contribution is 2.22. The third kappa shape index (κ3) is 24.2. The Balaban J connectivity index is 2.47. The molecule has 0 aromatic heterocycles. The average Bonchev–Trinajstić information content (AvgIpc) is 3.13. The number of aliphatic hydroxyl groups excluding tert-OH is 5. The summed E-state index contributed by atoms with van der Waals surface area (Å²) < 4.78 is 11.1. The van der Waals surface area contributed by atoms with E-state index in [1.54, 1.807) is 6.08 Å². The summed E-state index contributed by atoms with van der Waals surface area (Å²) in [5.74, 6) is -0.205. The molecule has 51 heavy (non-hydrogen) atoms. The fraction of sp³-hybridized carbons (Fsp3) is 0.786. The monoisotopic (exact) mass is 722 g/mol. The van der Waals surface area contributed by atoms with Crippen molar-refractivity contribution in [1.29, 1.82) is 0 Å². The van der Waals surface area contributed by atoms with E-state index in [9.17, 15) is 30.3 Å². The molecule has 1 aliphatic rings. The van der Waals surface area contributed by atoms with E-state index in [4.69, 9.17) is 9.47 Å². The van der Waals surface area contributed by atoms with Gasteiger partial charge in [-0.05, 0) is 64.2 Å². The molecule has 9 nitrogen and oxygen atoms in total. The van der Waals surface area contributed by atoms with Crippen molar-refractivity contribution in [1.82, 2.24) is 5.32 Å². The second-order valence-electron chi connectivity index (χ2n) is 14.1. The Morgan fingerprint density at radius 2 is 1.18 bits per heavy atom. The van der Waals surface area contributed by atoms with Crippen LogP contribution in [0.1, 0.15) is 155 Å². The zero-order valence-corrected chi connectivity index (χ0v) is 32.1. The Labute approximate surface area is 310 Å². The van der Waals surface area contributed by atoms with Crippen molar-refractivity contribution in [3.8, 4) is 0 Å². The molecule has 7 atom stereocenters. The molecule has 1 rings (SSSR count). The van der Waals surface area contributed by atoms with Crippen LogP contribution in [0.5, 0.6) is 0 Å². The summed E-state index contributed by atoms with van der Waals surface area (Å²) in [7, 11) is 0. The molecule has 296 valence electrons. The molecule has 1 aliphatic heterocycles. The minimum absolute atomic E-state index is 0.205. The van der Waals surface area contributed by atoms with Crippen LogP contribution >= 0.6 is 0 Å². The second-order valence-corrected chi connectivity index (χ2v) is 14.1. The van der Waals surface area contributed by atoms with Crippen molar-refractivity contribution in [2.45, 2.75) is 198 Å². The first-order chi connectivity index (χ1) is 24.8. The molecule has 1 amide bonds. The predicted molar refractivity (Wildman–Crippen MR) is 207 cm³/mol. The van der Waals surface area contributed by atoms with Crippen LogP contribution in [-0.4, -0.2) is 87.5 Å². The van der Waals surface area contributed by atoms with Crippen molar-refractivity contribution in [2.24, 2.45) is 0 Å². The van der Waals surface area contributed by atoms with Crippen LogP contribution in [0.2, 0.25) is 0 Å². The molecule has 2 unspecified atom stereocenters. The van der Waals surface area contributed by atoms with Crippen molar-refractivity contribution in [2.75, 3.05) is 13.2 Å². The van der Waals surface area contributed by atoms with E-state index < -0.39 is 49.5 Å². The number of ether oxygens (including phenoxy) is 2. The van der Waals surface area contributed by atoms with Gasteiger partial charge in [0.25, 0.3) is 0 Å². The fourth-order valence-corrected chi connectivity index (χ4v) is 6.02. The molecule has 1 heterocycles. The van der Waals surface area contributed by atoms with Crippen LogP contribution in [-0.2, 0) is 14.3 Å². The quantitative estimate of drug-likeness (QED) is 0.0309. The van der Waals surface area contributed by atoms with E-state index >= 15 is 0 Å². The maximum absolute atomic E-state index is 12.9. The number of aliphatic hydroxyl groups is 5. The van der Waals surface area contributed by atoms with Gasteiger partial charge in [0.1, 0.15) is 24.4 Å². The number of rotatable bonds is 32. The summed E-state index contributed by atoms with van der Waals surface area (Å²) >= 11 is 0. The number of hydrogen-bond donors (Lipinski definition) is 6. The largest absolute Gasteiger partial charge is 0.394 e. The first-order valence-corrected chi connectivity index (χ1v) is 20.4. The molecule has 1 saturated heterocycles. The van der Waals surface area contributed by atoms with Gasteiger partial charge in [-0.25, -0.2) is 0 Å². The van der Waals surface area contributed by atoms with Gasteiger partial charge in [0.15, 0.2) is 6.29 Å². The second kappa shape index (κ2) is 32.8. The van der Waals surface area contributed by atoms with E-state index in [1.165, 1.54) is 70.6 Å². The smallest absolute Gasteiger partial charge is 0.220 e. The van der Waals surface area contributed by atoms with Crippen LogP contribution in [0, 0.1) is 0 Å². The van der Waals surface area contributed by atoms with Crippen LogP contribution in [0.25, 0.3) is 0 Å². The van der Waals surface area contributed by atoms with E-state index in [1.807, 2.05) is 6.08 Å². The van der Waals surface area contributed by atoms with Crippen molar-refractivity contribution in [3.05, 3.63) is 48.6 Å². The summed E-state index contributed by atoms with van der Waals surface area (Å²) in [6.45, 7) is 3.68. The van der Waals surface area contributed by atoms with E-state index in [2.05, 4.69) is 55.6 Å². The Bertz CT molecular complexity index is 936. The molecule has 6 N–H and O–H groups in total. The van der Waals surface area contributed by atoms with Gasteiger partial charge in [-0.3, -0.25) is 4.79 Å². The summed E-state index contributed by atoms with van der Waals surface area (Å²) in [5, 5.41) is 53.9. The summed E-state index contributed by atoms with van der Waals surface area (Å²) in [6.07, 6.45) is 32.9. The van der Waals surface area contributed by atoms with Crippen LogP contribution in [0.4, 0.5) is 0 Å². The van der Waals surface area contributed by atoms with Gasteiger partial charge in [0, 0.05) is 6.42 Å². The molecule has 0 aromatic rings. The lowest BCUT2D eigenvalue weighted by Gasteiger charge is -2.40. The molecule has 0 saturated carbocycles. The van der Waals surface area contributed by atoms with Crippen LogP contribution in [0.15, 0.2) is 48.6 Å². The normalized spacial score (nSPS) is 22.5. The van der Waals surface area contributed by atoms with Gasteiger partial charge in [-0.2, -0.15) is 0 Å². The predicted octanol–water partition coefficient (Wildman–Crippen LogP) is 7.50. The number of allylic oxidation sites excluding steroid dienone is 7. The number of hydrogen-bond acceptors (Lipinski definition) is 8. The minimum Gasteiger partial charge on any atom is -0.394 e. The molecule has 0 bridgehead atoms. The Morgan fingerprint density at radius 3 is 1.80 bits per heavy atom. The molecule has 0 aromatic carbocycles. The van der Waals surface area contributed by atoms with Gasteiger partial charge in [0.05, 0.1) is 25.4 Å². The van der Waals surface area contributed by atoms with E-state index in [0.717, 1.165) is 64.2 Å². The van der Waals surface area contributed by atoms with Gasteiger partial charge >= 0.3 is 0 Å². The van der Waals surface area contributed by atoms with Crippen LogP contribution < -0.4 is 5.32 Å². The Kier molecular flexibility index (Phi) is 30.3. The third-order valence-corrected chi connectivity index (χ3v) is 9.38. The Hall–Kier alpha value is -1.85. The van der Waals surface area contributed by atoms with E-state index in [0.29, 0.717) is 6.42 Å². The summed E-state index contributed by atoms with van der Waals surface area (Å²) in [4.78, 5) is 12.9. The Morgan fingerprint density at radius 1 is 0.667 bits per heavy atom. The summed E-state index contributed by atoms with van der Waals surface area (Å²) in [6, 6.07) is -0.827. The summed E-state index contributed by atoms with van der Waals surface area (Å²) in [5.41, 5.74) is 0. The molecule has 0 spiro atoms. The van der Waals surface area contributed by atoms with Gasteiger partial charge < -0.3 is 40.3 Å². The molecule has 0 aliphatic carbocycles. The first-order valence-electron chi connectivity index (χ1n) is 20.4. The SMILES string of the molecule is CCCCC/C=C/C/C=C/CCCCCCCC(=O)N[C@@H](CO[C@H]1O[C@@H](CO)[C@H](O)C(O)C1O)[C@H](O)/C=C/CC/C=C/CCCCCCCCC. The van der Waals surface area contributed by atoms with Gasteiger partial charge in [-0.15, -0.1) is 0 Å². The lowest BCUT2D eigenvalue weighted by Crippen LogP contribution is -2.60. The third-order valence-electron chi connectivity index (χ3n) is 9.38. The number of nitrogens with one attached hydrogen (secondary N) is 1. The number of amides is 1. The standard InChI is InChI=1S/C42H75NO8/c1-3-5-7-9-11-13-15-17-18-20-22-24-26-28-30-32-38(46)43-35(34-50-42-41(49)40(48)39(47)37(33-44)51-42)36(45)31-29-27-25-23-21-19-16-14-12-10-8-6-4-2/h11,13,17-18,21,23,29,31,35-37,39-42,44-45,47-49H,3-10,12,14-16,19-20,22,24-28,30,32-34H2,1-2H3,(H,43,46)/b13-11+,18-17+,23-21+,31-29+/t35-,36+,37-,39-,40?,41?,42-/m0/s1. The molecule has 9 heteroatoms. The number of carbonyl (C=O) groups is 1. The lowest BCUT2D eigenvalue weighted by atomic mass is 9.99. The number of carbonyl (C=O) groups excluding carboxylic acids is 1. The fourth-order valence-electron chi connectivity index (χ4n) is 6.02. The highest BCUT2D eigenvalue weighted by molar-refractivity contribution is 5.76. The van der Waals surface area contributed by atoms with Crippen molar-refractivity contribution >= 4 is 5.91 Å². The van der Waals surface area contributed by atoms with Crippen LogP contribution in [0.3, 0.4) is 0 Å². The molecular formula is C42H75NO8. The topological polar surface area (TPSA) is 149 Å². The van der Waals surface area contributed by atoms with Gasteiger partial charge in [-0.1, -0.05) is 133 Å². The molecule has 1 fully saturated rings.